The molecule has 0 bridgehead atoms. The maximum atomic E-state index is 10.4. The fraction of sp³-hybridized carbons (Fsp3) is 0.294. The van der Waals surface area contributed by atoms with Crippen LogP contribution in [0, 0.1) is 6.92 Å². The van der Waals surface area contributed by atoms with Gasteiger partial charge in [-0.3, -0.25) is 0 Å². The van der Waals surface area contributed by atoms with E-state index in [1.807, 2.05) is 25.1 Å². The third-order valence-electron chi connectivity index (χ3n) is 3.37. The molecule has 2 aromatic carbocycles. The second-order valence-corrected chi connectivity index (χ2v) is 5.34. The lowest BCUT2D eigenvalue weighted by Crippen LogP contribution is -2.04. The number of benzene rings is 2. The Morgan fingerprint density at radius 3 is 2.38 bits per heavy atom. The summed E-state index contributed by atoms with van der Waals surface area (Å²) in [5.41, 5.74) is 2.86. The molecule has 0 aliphatic rings. The van der Waals surface area contributed by atoms with Crippen LogP contribution in [-0.2, 0) is 6.42 Å². The van der Waals surface area contributed by atoms with Crippen LogP contribution in [-0.4, -0.2) is 19.3 Å². The fourth-order valence-electron chi connectivity index (χ4n) is 2.30. The van der Waals surface area contributed by atoms with Gasteiger partial charge in [0.2, 0.25) is 0 Å². The molecule has 0 amide bonds. The van der Waals surface area contributed by atoms with Crippen LogP contribution in [0.5, 0.6) is 11.5 Å². The van der Waals surface area contributed by atoms with E-state index in [9.17, 15) is 5.11 Å². The van der Waals surface area contributed by atoms with Crippen molar-refractivity contribution < 1.29 is 14.6 Å². The summed E-state index contributed by atoms with van der Waals surface area (Å²) in [6, 6.07) is 11.4. The highest BCUT2D eigenvalue weighted by Gasteiger charge is 2.17. The van der Waals surface area contributed by atoms with Gasteiger partial charge in [0, 0.05) is 18.1 Å². The number of aliphatic hydroxyl groups excluding tert-OH is 1. The van der Waals surface area contributed by atoms with Crippen LogP contribution in [0.2, 0.25) is 5.02 Å². The molecule has 1 atom stereocenters. The smallest absolute Gasteiger partial charge is 0.162 e. The molecule has 1 unspecified atom stereocenters. The first-order valence-corrected chi connectivity index (χ1v) is 7.08. The Labute approximate surface area is 130 Å². The number of hydrogen-bond acceptors (Lipinski definition) is 3. The summed E-state index contributed by atoms with van der Waals surface area (Å²) >= 11 is 6.23. The van der Waals surface area contributed by atoms with Crippen molar-refractivity contribution in [2.45, 2.75) is 19.4 Å². The molecule has 112 valence electrons. The Bertz CT molecular complexity index is 625. The third-order valence-corrected chi connectivity index (χ3v) is 3.70. The first-order chi connectivity index (χ1) is 10.0. The summed E-state index contributed by atoms with van der Waals surface area (Å²) in [6.07, 6.45) is -0.198. The molecule has 0 saturated heterocycles. The fourth-order valence-corrected chi connectivity index (χ4v) is 2.58. The van der Waals surface area contributed by atoms with Crippen LogP contribution in [0.4, 0.5) is 0 Å². The molecule has 21 heavy (non-hydrogen) atoms. The molecular weight excluding hydrogens is 288 g/mol. The Balaban J connectivity index is 2.28. The molecule has 3 nitrogen and oxygen atoms in total. The minimum atomic E-state index is -0.695. The zero-order valence-corrected chi connectivity index (χ0v) is 13.1. The van der Waals surface area contributed by atoms with Gasteiger partial charge in [0.15, 0.2) is 11.5 Å². The zero-order chi connectivity index (χ0) is 15.4. The average Bonchev–Trinajstić information content (AvgIpc) is 2.46. The van der Waals surface area contributed by atoms with E-state index in [0.29, 0.717) is 28.5 Å². The second kappa shape index (κ2) is 6.83. The molecule has 0 aromatic heterocycles. The van der Waals surface area contributed by atoms with E-state index in [-0.39, 0.29) is 0 Å². The van der Waals surface area contributed by atoms with Crippen molar-refractivity contribution in [3.8, 4) is 11.5 Å². The summed E-state index contributed by atoms with van der Waals surface area (Å²) in [6.45, 7) is 2.03. The Hall–Kier alpha value is -1.71. The van der Waals surface area contributed by atoms with Crippen LogP contribution in [0.25, 0.3) is 0 Å². The van der Waals surface area contributed by atoms with E-state index >= 15 is 0 Å². The van der Waals surface area contributed by atoms with Crippen molar-refractivity contribution in [3.05, 3.63) is 58.1 Å². The minimum absolute atomic E-state index is 0.466. The van der Waals surface area contributed by atoms with Crippen molar-refractivity contribution in [3.63, 3.8) is 0 Å². The first-order valence-electron chi connectivity index (χ1n) is 6.70. The molecule has 2 rings (SSSR count). The highest BCUT2D eigenvalue weighted by Crippen LogP contribution is 2.36. The quantitative estimate of drug-likeness (QED) is 0.909. The molecule has 0 heterocycles. The molecule has 0 saturated carbocycles. The summed E-state index contributed by atoms with van der Waals surface area (Å²) in [5.74, 6) is 1.11. The van der Waals surface area contributed by atoms with E-state index < -0.39 is 6.10 Å². The summed E-state index contributed by atoms with van der Waals surface area (Å²) in [7, 11) is 3.11. The van der Waals surface area contributed by atoms with E-state index in [2.05, 4.69) is 6.07 Å². The van der Waals surface area contributed by atoms with Crippen molar-refractivity contribution in [1.29, 1.82) is 0 Å². The van der Waals surface area contributed by atoms with Gasteiger partial charge in [-0.05, 0) is 18.6 Å². The molecule has 0 aliphatic carbocycles. The second-order valence-electron chi connectivity index (χ2n) is 4.94. The highest BCUT2D eigenvalue weighted by molar-refractivity contribution is 6.31. The van der Waals surface area contributed by atoms with Crippen LogP contribution in [0.3, 0.4) is 0 Å². The van der Waals surface area contributed by atoms with Crippen LogP contribution >= 0.6 is 11.6 Å². The van der Waals surface area contributed by atoms with Gasteiger partial charge in [-0.15, -0.1) is 0 Å². The first kappa shape index (κ1) is 15.7. The van der Waals surface area contributed by atoms with E-state index in [1.54, 1.807) is 26.4 Å². The van der Waals surface area contributed by atoms with Crippen molar-refractivity contribution >= 4 is 11.6 Å². The van der Waals surface area contributed by atoms with Gasteiger partial charge >= 0.3 is 0 Å². The molecule has 0 spiro atoms. The van der Waals surface area contributed by atoms with E-state index in [4.69, 9.17) is 21.1 Å². The van der Waals surface area contributed by atoms with Gasteiger partial charge in [0.05, 0.1) is 25.3 Å². The van der Waals surface area contributed by atoms with Gasteiger partial charge in [0.1, 0.15) is 0 Å². The lowest BCUT2D eigenvalue weighted by atomic mass is 10.00. The number of aryl methyl sites for hydroxylation is 1. The SMILES string of the molecule is COc1cc(Cl)c(C(O)Cc2cccc(C)c2)cc1OC. The Morgan fingerprint density at radius 2 is 1.76 bits per heavy atom. The minimum Gasteiger partial charge on any atom is -0.493 e. The van der Waals surface area contributed by atoms with Gasteiger partial charge in [-0.2, -0.15) is 0 Å². The van der Waals surface area contributed by atoms with Crippen molar-refractivity contribution in [2.24, 2.45) is 0 Å². The molecule has 0 radical (unpaired) electrons. The number of rotatable bonds is 5. The van der Waals surface area contributed by atoms with Crippen LogP contribution in [0.1, 0.15) is 22.8 Å². The molecule has 0 fully saturated rings. The standard InChI is InChI=1S/C17H19ClO3/c1-11-5-4-6-12(7-11)8-15(19)13-9-16(20-2)17(21-3)10-14(13)18/h4-7,9-10,15,19H,8H2,1-3H3. The van der Waals surface area contributed by atoms with Gasteiger partial charge in [0.25, 0.3) is 0 Å². The molecule has 0 aliphatic heterocycles. The maximum absolute atomic E-state index is 10.4. The molecular formula is C17H19ClO3. The number of methoxy groups -OCH3 is 2. The lowest BCUT2D eigenvalue weighted by Gasteiger charge is -2.16. The lowest BCUT2D eigenvalue weighted by molar-refractivity contribution is 0.178. The van der Waals surface area contributed by atoms with E-state index in [1.165, 1.54) is 0 Å². The van der Waals surface area contributed by atoms with Crippen molar-refractivity contribution in [1.82, 2.24) is 0 Å². The van der Waals surface area contributed by atoms with Crippen molar-refractivity contribution in [2.75, 3.05) is 14.2 Å². The number of ether oxygens (including phenoxy) is 2. The predicted octanol–water partition coefficient (Wildman–Crippen LogP) is 3.94. The maximum Gasteiger partial charge on any atom is 0.162 e. The van der Waals surface area contributed by atoms with Gasteiger partial charge in [-0.25, -0.2) is 0 Å². The Morgan fingerprint density at radius 1 is 1.10 bits per heavy atom. The largest absolute Gasteiger partial charge is 0.493 e. The molecule has 4 heteroatoms. The number of halogens is 1. The molecule has 2 aromatic rings. The topological polar surface area (TPSA) is 38.7 Å². The van der Waals surface area contributed by atoms with Crippen LogP contribution < -0.4 is 9.47 Å². The predicted molar refractivity (Wildman–Crippen MR) is 84.4 cm³/mol. The molecule has 1 N–H and O–H groups in total. The van der Waals surface area contributed by atoms with Gasteiger partial charge in [-0.1, -0.05) is 41.4 Å². The zero-order valence-electron chi connectivity index (χ0n) is 12.4. The Kier molecular flexibility index (Phi) is 5.10. The number of aliphatic hydroxyl groups is 1. The highest BCUT2D eigenvalue weighted by atomic mass is 35.5. The summed E-state index contributed by atoms with van der Waals surface area (Å²) in [5, 5.41) is 10.9. The summed E-state index contributed by atoms with van der Waals surface area (Å²) < 4.78 is 10.5. The third kappa shape index (κ3) is 3.69. The summed E-state index contributed by atoms with van der Waals surface area (Å²) in [4.78, 5) is 0. The van der Waals surface area contributed by atoms with Gasteiger partial charge < -0.3 is 14.6 Å². The average molecular weight is 307 g/mol. The van der Waals surface area contributed by atoms with Crippen LogP contribution in [0.15, 0.2) is 36.4 Å². The van der Waals surface area contributed by atoms with E-state index in [0.717, 1.165) is 11.1 Å². The normalized spacial score (nSPS) is 12.0. The number of hydrogen-bond donors (Lipinski definition) is 1. The monoisotopic (exact) mass is 306 g/mol.